The zero-order valence-electron chi connectivity index (χ0n) is 24.0. The Morgan fingerprint density at radius 3 is 2.12 bits per heavy atom. The maximum absolute atomic E-state index is 14.4. The van der Waals surface area contributed by atoms with Crippen molar-refractivity contribution in [3.05, 3.63) is 125 Å². The number of carbonyl (C=O) groups excluding carboxylic acids is 2. The lowest BCUT2D eigenvalue weighted by atomic mass is 10.0. The van der Waals surface area contributed by atoms with E-state index in [0.29, 0.717) is 17.3 Å². The van der Waals surface area contributed by atoms with Crippen LogP contribution in [0, 0.1) is 0 Å². The number of sulfonamides is 1. The summed E-state index contributed by atoms with van der Waals surface area (Å²) in [4.78, 5) is 29.4. The number of nitrogens with zero attached hydrogens (tertiary/aromatic N) is 2. The third kappa shape index (κ3) is 8.15. The van der Waals surface area contributed by atoms with Gasteiger partial charge in [0.25, 0.3) is 10.0 Å². The van der Waals surface area contributed by atoms with E-state index in [2.05, 4.69) is 5.32 Å². The van der Waals surface area contributed by atoms with Gasteiger partial charge in [0, 0.05) is 24.5 Å². The molecule has 0 aliphatic heterocycles. The van der Waals surface area contributed by atoms with Crippen LogP contribution in [0.5, 0.6) is 5.75 Å². The molecule has 2 amide bonds. The van der Waals surface area contributed by atoms with Crippen molar-refractivity contribution in [3.8, 4) is 5.75 Å². The molecule has 1 unspecified atom stereocenters. The number of amides is 2. The van der Waals surface area contributed by atoms with Crippen molar-refractivity contribution in [3.63, 3.8) is 0 Å². The van der Waals surface area contributed by atoms with E-state index in [1.807, 2.05) is 36.4 Å². The molecule has 0 saturated heterocycles. The molecular formula is C33H34ClN3O5S. The number of likely N-dealkylation sites (N-methyl/N-ethyl adjacent to an activating group) is 1. The number of halogens is 1. The minimum atomic E-state index is -4.17. The first-order valence-corrected chi connectivity index (χ1v) is 15.6. The molecule has 4 aromatic carbocycles. The van der Waals surface area contributed by atoms with Crippen LogP contribution in [0.1, 0.15) is 18.1 Å². The highest BCUT2D eigenvalue weighted by Crippen LogP contribution is 2.26. The maximum atomic E-state index is 14.4. The van der Waals surface area contributed by atoms with E-state index in [1.165, 1.54) is 17.0 Å². The molecule has 0 fully saturated rings. The highest BCUT2D eigenvalue weighted by atomic mass is 35.5. The second-order valence-corrected chi connectivity index (χ2v) is 12.1. The molecule has 1 N–H and O–H groups in total. The van der Waals surface area contributed by atoms with Crippen molar-refractivity contribution in [2.24, 2.45) is 0 Å². The van der Waals surface area contributed by atoms with Gasteiger partial charge in [-0.15, -0.1) is 0 Å². The maximum Gasteiger partial charge on any atom is 0.264 e. The number of hydrogen-bond donors (Lipinski definition) is 1. The van der Waals surface area contributed by atoms with Crippen LogP contribution < -0.4 is 14.4 Å². The van der Waals surface area contributed by atoms with Gasteiger partial charge in [0.05, 0.1) is 17.7 Å². The Morgan fingerprint density at radius 2 is 1.49 bits per heavy atom. The molecule has 0 radical (unpaired) electrons. The predicted octanol–water partition coefficient (Wildman–Crippen LogP) is 5.32. The standard InChI is InChI=1S/C33H34ClN3O5S/c1-3-35-33(39)31(22-25-11-6-4-7-12-25)36(23-26-13-10-14-29(21-26)42-2)32(38)24-37(28-19-17-27(34)18-20-28)43(40,41)30-15-8-5-9-16-30/h4-21,31H,3,22-24H2,1-2H3,(H,35,39). The Kier molecular flexibility index (Phi) is 10.8. The molecule has 0 aliphatic rings. The molecule has 0 aromatic heterocycles. The second-order valence-electron chi connectivity index (χ2n) is 9.77. The van der Waals surface area contributed by atoms with E-state index >= 15 is 0 Å². The monoisotopic (exact) mass is 619 g/mol. The molecule has 8 nitrogen and oxygen atoms in total. The summed E-state index contributed by atoms with van der Waals surface area (Å²) in [5.41, 5.74) is 1.84. The SMILES string of the molecule is CCNC(=O)C(Cc1ccccc1)N(Cc1cccc(OC)c1)C(=O)CN(c1ccc(Cl)cc1)S(=O)(=O)c1ccccc1. The van der Waals surface area contributed by atoms with Crippen LogP contribution in [-0.2, 0) is 32.6 Å². The van der Waals surface area contributed by atoms with Gasteiger partial charge in [0.2, 0.25) is 11.8 Å². The average molecular weight is 620 g/mol. The molecule has 0 bridgehead atoms. The molecule has 4 aromatic rings. The minimum absolute atomic E-state index is 0.0293. The third-order valence-electron chi connectivity index (χ3n) is 6.83. The number of anilines is 1. The lowest BCUT2D eigenvalue weighted by molar-refractivity contribution is -0.140. The van der Waals surface area contributed by atoms with E-state index in [9.17, 15) is 18.0 Å². The van der Waals surface area contributed by atoms with Gasteiger partial charge in [0.1, 0.15) is 18.3 Å². The van der Waals surface area contributed by atoms with E-state index in [-0.39, 0.29) is 29.5 Å². The van der Waals surface area contributed by atoms with Crippen molar-refractivity contribution in [2.75, 3.05) is 24.5 Å². The highest BCUT2D eigenvalue weighted by molar-refractivity contribution is 7.92. The van der Waals surface area contributed by atoms with E-state index in [1.54, 1.807) is 74.7 Å². The van der Waals surface area contributed by atoms with Crippen LogP contribution in [0.25, 0.3) is 0 Å². The average Bonchev–Trinajstić information content (AvgIpc) is 3.03. The van der Waals surface area contributed by atoms with Gasteiger partial charge < -0.3 is 15.0 Å². The van der Waals surface area contributed by atoms with Crippen molar-refractivity contribution < 1.29 is 22.7 Å². The number of ether oxygens (including phenoxy) is 1. The number of methoxy groups -OCH3 is 1. The molecule has 0 aliphatic carbocycles. The van der Waals surface area contributed by atoms with Gasteiger partial charge in [-0.2, -0.15) is 0 Å². The Balaban J connectivity index is 1.79. The summed E-state index contributed by atoms with van der Waals surface area (Å²) in [6.45, 7) is 1.67. The van der Waals surface area contributed by atoms with E-state index in [0.717, 1.165) is 15.4 Å². The molecule has 0 heterocycles. The molecular weight excluding hydrogens is 586 g/mol. The van der Waals surface area contributed by atoms with Gasteiger partial charge in [-0.25, -0.2) is 8.42 Å². The Morgan fingerprint density at radius 1 is 0.860 bits per heavy atom. The fourth-order valence-corrected chi connectivity index (χ4v) is 6.23. The first kappa shape index (κ1) is 31.6. The summed E-state index contributed by atoms with van der Waals surface area (Å²) in [5, 5.41) is 3.28. The summed E-state index contributed by atoms with van der Waals surface area (Å²) < 4.78 is 34.3. The largest absolute Gasteiger partial charge is 0.497 e. The van der Waals surface area contributed by atoms with Gasteiger partial charge in [-0.1, -0.05) is 72.3 Å². The quantitative estimate of drug-likeness (QED) is 0.219. The fourth-order valence-electron chi connectivity index (χ4n) is 4.67. The van der Waals surface area contributed by atoms with Gasteiger partial charge >= 0.3 is 0 Å². The van der Waals surface area contributed by atoms with Crippen LogP contribution in [0.15, 0.2) is 114 Å². The summed E-state index contributed by atoms with van der Waals surface area (Å²) >= 11 is 6.10. The first-order valence-electron chi connectivity index (χ1n) is 13.8. The van der Waals surface area contributed by atoms with Crippen LogP contribution in [-0.4, -0.2) is 51.4 Å². The van der Waals surface area contributed by atoms with E-state index in [4.69, 9.17) is 16.3 Å². The van der Waals surface area contributed by atoms with Crippen LogP contribution in [0.4, 0.5) is 5.69 Å². The number of nitrogens with one attached hydrogen (secondary N) is 1. The van der Waals surface area contributed by atoms with Gasteiger partial charge in [-0.3, -0.25) is 13.9 Å². The zero-order chi connectivity index (χ0) is 30.8. The molecule has 224 valence electrons. The number of hydrogen-bond acceptors (Lipinski definition) is 5. The fraction of sp³-hybridized carbons (Fsp3) is 0.212. The van der Waals surface area contributed by atoms with Crippen LogP contribution >= 0.6 is 11.6 Å². The zero-order valence-corrected chi connectivity index (χ0v) is 25.6. The van der Waals surface area contributed by atoms with Crippen molar-refractivity contribution in [2.45, 2.75) is 30.8 Å². The van der Waals surface area contributed by atoms with Crippen molar-refractivity contribution >= 4 is 39.1 Å². The second kappa shape index (κ2) is 14.7. The third-order valence-corrected chi connectivity index (χ3v) is 8.87. The summed E-state index contributed by atoms with van der Waals surface area (Å²) in [6.07, 6.45) is 0.231. The molecule has 0 spiro atoms. The molecule has 43 heavy (non-hydrogen) atoms. The minimum Gasteiger partial charge on any atom is -0.497 e. The molecule has 10 heteroatoms. The van der Waals surface area contributed by atoms with Crippen LogP contribution in [0.2, 0.25) is 5.02 Å². The topological polar surface area (TPSA) is 96.0 Å². The molecule has 4 rings (SSSR count). The van der Waals surface area contributed by atoms with Crippen LogP contribution in [0.3, 0.4) is 0 Å². The Hall–Kier alpha value is -4.34. The Bertz CT molecular complexity index is 1620. The van der Waals surface area contributed by atoms with E-state index < -0.39 is 28.5 Å². The predicted molar refractivity (Wildman–Crippen MR) is 169 cm³/mol. The Labute approximate surface area is 257 Å². The number of carbonyl (C=O) groups is 2. The molecule has 1 atom stereocenters. The summed E-state index contributed by atoms with van der Waals surface area (Å²) in [7, 11) is -2.62. The summed E-state index contributed by atoms with van der Waals surface area (Å²) in [5.74, 6) is -0.298. The normalized spacial score (nSPS) is 11.8. The molecule has 0 saturated carbocycles. The van der Waals surface area contributed by atoms with Crippen molar-refractivity contribution in [1.82, 2.24) is 10.2 Å². The van der Waals surface area contributed by atoms with Gasteiger partial charge in [0.15, 0.2) is 0 Å². The number of benzene rings is 4. The van der Waals surface area contributed by atoms with Crippen molar-refractivity contribution in [1.29, 1.82) is 0 Å². The smallest absolute Gasteiger partial charge is 0.264 e. The first-order chi connectivity index (χ1) is 20.7. The lowest BCUT2D eigenvalue weighted by Gasteiger charge is -2.34. The lowest BCUT2D eigenvalue weighted by Crippen LogP contribution is -2.53. The number of rotatable bonds is 13. The van der Waals surface area contributed by atoms with Gasteiger partial charge in [-0.05, 0) is 66.6 Å². The highest BCUT2D eigenvalue weighted by Gasteiger charge is 2.34. The summed E-state index contributed by atoms with van der Waals surface area (Å²) in [6, 6.07) is 29.8.